The van der Waals surface area contributed by atoms with Gasteiger partial charge in [-0.25, -0.2) is 0 Å². The van der Waals surface area contributed by atoms with Crippen LogP contribution in [0, 0.1) is 6.92 Å². The Morgan fingerprint density at radius 1 is 1.50 bits per heavy atom. The van der Waals surface area contributed by atoms with Gasteiger partial charge in [-0.1, -0.05) is 45.2 Å². The van der Waals surface area contributed by atoms with Crippen LogP contribution in [0.3, 0.4) is 0 Å². The minimum Gasteiger partial charge on any atom is -0.382 e. The van der Waals surface area contributed by atoms with Gasteiger partial charge < -0.3 is 5.11 Å². The number of aliphatic hydroxyl groups is 1. The minimum absolute atomic E-state index is 0.484. The number of hydrogen-bond acceptors (Lipinski definition) is 2. The van der Waals surface area contributed by atoms with Gasteiger partial charge in [-0.3, -0.25) is 4.68 Å². The summed E-state index contributed by atoms with van der Waals surface area (Å²) >= 11 is 9.56. The maximum Gasteiger partial charge on any atom is 0.123 e. The molecule has 0 radical (unpaired) electrons. The van der Waals surface area contributed by atoms with Gasteiger partial charge in [0.1, 0.15) is 6.10 Å². The van der Waals surface area contributed by atoms with Gasteiger partial charge in [0.05, 0.1) is 16.9 Å². The van der Waals surface area contributed by atoms with E-state index in [9.17, 15) is 5.11 Å². The molecule has 0 aliphatic heterocycles. The van der Waals surface area contributed by atoms with Gasteiger partial charge in [-0.15, -0.1) is 0 Å². The van der Waals surface area contributed by atoms with Gasteiger partial charge in [-0.05, 0) is 19.9 Å². The molecule has 1 heterocycles. The average molecular weight is 330 g/mol. The first kappa shape index (κ1) is 13.6. The van der Waals surface area contributed by atoms with E-state index in [0.29, 0.717) is 17.3 Å². The van der Waals surface area contributed by atoms with Crippen molar-refractivity contribution in [2.45, 2.75) is 26.5 Å². The Labute approximate surface area is 120 Å². The number of aliphatic hydroxyl groups excluding tert-OH is 1. The number of aromatic nitrogens is 2. The molecule has 1 aromatic carbocycles. The maximum atomic E-state index is 10.5. The standard InChI is InChI=1S/C13H14BrClN2O/c1-3-17-12(11(15)7-16-17)13(18)9-6-8(2)4-5-10(9)14/h4-7,13,18H,3H2,1-2H3. The van der Waals surface area contributed by atoms with Crippen molar-refractivity contribution in [3.05, 3.63) is 50.7 Å². The zero-order chi connectivity index (χ0) is 13.3. The molecule has 1 aromatic heterocycles. The lowest BCUT2D eigenvalue weighted by Gasteiger charge is -2.15. The van der Waals surface area contributed by atoms with E-state index >= 15 is 0 Å². The highest BCUT2D eigenvalue weighted by Crippen LogP contribution is 2.32. The van der Waals surface area contributed by atoms with E-state index in [1.807, 2.05) is 32.0 Å². The summed E-state index contributed by atoms with van der Waals surface area (Å²) in [5.74, 6) is 0. The van der Waals surface area contributed by atoms with Gasteiger partial charge in [0.15, 0.2) is 0 Å². The second-order valence-corrected chi connectivity index (χ2v) is 5.38. The molecule has 1 unspecified atom stereocenters. The second-order valence-electron chi connectivity index (χ2n) is 4.12. The molecule has 0 aliphatic carbocycles. The van der Waals surface area contributed by atoms with Crippen LogP contribution in [0.4, 0.5) is 0 Å². The van der Waals surface area contributed by atoms with Crippen molar-refractivity contribution in [2.24, 2.45) is 0 Å². The van der Waals surface area contributed by atoms with Gasteiger partial charge >= 0.3 is 0 Å². The van der Waals surface area contributed by atoms with Crippen LogP contribution in [0.5, 0.6) is 0 Å². The fourth-order valence-corrected chi connectivity index (χ4v) is 2.62. The summed E-state index contributed by atoms with van der Waals surface area (Å²) in [6, 6.07) is 5.85. The molecular weight excluding hydrogens is 316 g/mol. The zero-order valence-electron chi connectivity index (χ0n) is 10.2. The first-order chi connectivity index (χ1) is 8.54. The molecule has 0 fully saturated rings. The van der Waals surface area contributed by atoms with Crippen molar-refractivity contribution in [1.29, 1.82) is 0 Å². The SMILES string of the molecule is CCn1ncc(Cl)c1C(O)c1cc(C)ccc1Br. The van der Waals surface area contributed by atoms with Crippen molar-refractivity contribution >= 4 is 27.5 Å². The fourth-order valence-electron chi connectivity index (χ4n) is 1.92. The zero-order valence-corrected chi connectivity index (χ0v) is 12.5. The summed E-state index contributed by atoms with van der Waals surface area (Å²) in [4.78, 5) is 0. The third-order valence-corrected chi connectivity index (χ3v) is 3.85. The lowest BCUT2D eigenvalue weighted by atomic mass is 10.0. The van der Waals surface area contributed by atoms with Crippen LogP contribution in [0.25, 0.3) is 0 Å². The van der Waals surface area contributed by atoms with Gasteiger partial charge in [0, 0.05) is 16.6 Å². The first-order valence-corrected chi connectivity index (χ1v) is 6.87. The molecular formula is C13H14BrClN2O. The van der Waals surface area contributed by atoms with E-state index in [0.717, 1.165) is 15.6 Å². The summed E-state index contributed by atoms with van der Waals surface area (Å²) in [6.07, 6.45) is 0.780. The van der Waals surface area contributed by atoms with E-state index in [2.05, 4.69) is 21.0 Å². The monoisotopic (exact) mass is 328 g/mol. The van der Waals surface area contributed by atoms with Gasteiger partial charge in [-0.2, -0.15) is 5.10 Å². The molecule has 0 spiro atoms. The number of aryl methyl sites for hydroxylation is 2. The summed E-state index contributed by atoms with van der Waals surface area (Å²) in [5.41, 5.74) is 2.52. The van der Waals surface area contributed by atoms with Crippen LogP contribution in [-0.2, 0) is 6.54 Å². The molecule has 1 N–H and O–H groups in total. The Bertz CT molecular complexity index is 568. The molecule has 0 saturated carbocycles. The summed E-state index contributed by atoms with van der Waals surface area (Å²) in [5, 5.41) is 15.1. The third kappa shape index (κ3) is 2.46. The molecule has 96 valence electrons. The van der Waals surface area contributed by atoms with Crippen LogP contribution in [-0.4, -0.2) is 14.9 Å². The molecule has 0 aliphatic rings. The summed E-state index contributed by atoms with van der Waals surface area (Å²) in [7, 11) is 0. The smallest absolute Gasteiger partial charge is 0.123 e. The molecule has 2 rings (SSSR count). The van der Waals surface area contributed by atoms with Crippen LogP contribution in [0.1, 0.15) is 29.8 Å². The van der Waals surface area contributed by atoms with Crippen molar-refractivity contribution < 1.29 is 5.11 Å². The highest BCUT2D eigenvalue weighted by atomic mass is 79.9. The predicted molar refractivity (Wildman–Crippen MR) is 75.9 cm³/mol. The van der Waals surface area contributed by atoms with E-state index in [1.54, 1.807) is 10.9 Å². The summed E-state index contributed by atoms with van der Waals surface area (Å²) < 4.78 is 2.57. The highest BCUT2D eigenvalue weighted by molar-refractivity contribution is 9.10. The van der Waals surface area contributed by atoms with Crippen LogP contribution >= 0.6 is 27.5 Å². The molecule has 0 bridgehead atoms. The van der Waals surface area contributed by atoms with Gasteiger partial charge in [0.25, 0.3) is 0 Å². The molecule has 3 nitrogen and oxygen atoms in total. The number of benzene rings is 1. The molecule has 0 amide bonds. The number of nitrogens with zero attached hydrogens (tertiary/aromatic N) is 2. The lowest BCUT2D eigenvalue weighted by Crippen LogP contribution is -2.10. The maximum absolute atomic E-state index is 10.5. The molecule has 18 heavy (non-hydrogen) atoms. The predicted octanol–water partition coefficient (Wildman–Crippen LogP) is 3.71. The quantitative estimate of drug-likeness (QED) is 0.932. The minimum atomic E-state index is -0.783. The van der Waals surface area contributed by atoms with E-state index < -0.39 is 6.10 Å². The highest BCUT2D eigenvalue weighted by Gasteiger charge is 2.21. The Morgan fingerprint density at radius 3 is 2.89 bits per heavy atom. The van der Waals surface area contributed by atoms with Crippen LogP contribution in [0.2, 0.25) is 5.02 Å². The molecule has 0 saturated heterocycles. The van der Waals surface area contributed by atoms with Gasteiger partial charge in [0.2, 0.25) is 0 Å². The lowest BCUT2D eigenvalue weighted by molar-refractivity contribution is 0.207. The number of halogens is 2. The van der Waals surface area contributed by atoms with Crippen molar-refractivity contribution in [2.75, 3.05) is 0 Å². The topological polar surface area (TPSA) is 38.0 Å². The van der Waals surface area contributed by atoms with Crippen molar-refractivity contribution in [3.63, 3.8) is 0 Å². The van der Waals surface area contributed by atoms with Crippen LogP contribution < -0.4 is 0 Å². The Balaban J connectivity index is 2.50. The van der Waals surface area contributed by atoms with E-state index in [4.69, 9.17) is 11.6 Å². The van der Waals surface area contributed by atoms with E-state index in [-0.39, 0.29) is 0 Å². The summed E-state index contributed by atoms with van der Waals surface area (Å²) in [6.45, 7) is 4.62. The fraction of sp³-hybridized carbons (Fsp3) is 0.308. The van der Waals surface area contributed by atoms with E-state index in [1.165, 1.54) is 0 Å². The van der Waals surface area contributed by atoms with Crippen LogP contribution in [0.15, 0.2) is 28.9 Å². The van der Waals surface area contributed by atoms with Crippen molar-refractivity contribution in [1.82, 2.24) is 9.78 Å². The first-order valence-electron chi connectivity index (χ1n) is 5.70. The second kappa shape index (κ2) is 5.43. The number of rotatable bonds is 3. The Morgan fingerprint density at radius 2 is 2.22 bits per heavy atom. The normalized spacial score (nSPS) is 12.7. The Kier molecular flexibility index (Phi) is 4.10. The third-order valence-electron chi connectivity index (χ3n) is 2.84. The largest absolute Gasteiger partial charge is 0.382 e. The Hall–Kier alpha value is -0.840. The molecule has 5 heteroatoms. The molecule has 2 aromatic rings. The molecule has 1 atom stereocenters. The average Bonchev–Trinajstić information content (AvgIpc) is 2.72. The number of hydrogen-bond donors (Lipinski definition) is 1. The van der Waals surface area contributed by atoms with Crippen molar-refractivity contribution in [3.8, 4) is 0 Å².